The molecule has 16 N–H and O–H groups in total. The molecule has 396 valence electrons. The Balaban J connectivity index is 1.26. The van der Waals surface area contributed by atoms with Gasteiger partial charge in [-0.2, -0.15) is 16.7 Å². The number of ether oxygens (including phenoxy) is 6. The predicted octanol–water partition coefficient (Wildman–Crippen LogP) is -6.74. The molecule has 0 saturated carbocycles. The fourth-order valence-electron chi connectivity index (χ4n) is 7.96. The van der Waals surface area contributed by atoms with Crippen LogP contribution in [0.3, 0.4) is 0 Å². The minimum Gasteiger partial charge on any atom is -0.477 e. The van der Waals surface area contributed by atoms with E-state index >= 15 is 0 Å². The van der Waals surface area contributed by atoms with E-state index in [0.29, 0.717) is 23.9 Å². The first-order chi connectivity index (χ1) is 32.5. The van der Waals surface area contributed by atoms with E-state index in [0.717, 1.165) is 17.7 Å². The number of aliphatic hydroxyl groups excluding tert-OH is 11. The van der Waals surface area contributed by atoms with E-state index in [1.165, 1.54) is 24.9 Å². The number of carboxylic acid groups (broad SMARTS) is 1. The van der Waals surface area contributed by atoms with Gasteiger partial charge in [-0.1, -0.05) is 0 Å². The molecule has 4 aliphatic heterocycles. The first-order valence-electron chi connectivity index (χ1n) is 21.4. The van der Waals surface area contributed by atoms with E-state index in [4.69, 9.17) is 43.2 Å². The molecular formula is C37H61N4O25PS2. The van der Waals surface area contributed by atoms with Gasteiger partial charge in [-0.15, -0.1) is 11.8 Å². The molecule has 0 bridgehead atoms. The third-order valence-electron chi connectivity index (χ3n) is 11.6. The van der Waals surface area contributed by atoms with E-state index in [9.17, 15) is 85.1 Å². The number of thioether (sulfide) groups is 2. The molecule has 0 aliphatic carbocycles. The highest BCUT2D eigenvalue weighted by molar-refractivity contribution is 8.00. The number of rotatable bonds is 23. The van der Waals surface area contributed by atoms with Gasteiger partial charge in [-0.3, -0.25) is 13.9 Å². The molecule has 5 rings (SSSR count). The summed E-state index contributed by atoms with van der Waals surface area (Å²) >= 11 is 1.84. The molecule has 32 heteroatoms. The summed E-state index contributed by atoms with van der Waals surface area (Å²) in [6.45, 7) is -1.84. The van der Waals surface area contributed by atoms with Crippen molar-refractivity contribution in [2.45, 2.75) is 148 Å². The Labute approximate surface area is 401 Å². The van der Waals surface area contributed by atoms with Crippen LogP contribution in [0.15, 0.2) is 17.1 Å². The Morgan fingerprint density at radius 1 is 0.986 bits per heavy atom. The zero-order valence-electron chi connectivity index (χ0n) is 36.9. The number of hydrogen-bond donors (Lipinski definition) is 15. The summed E-state index contributed by atoms with van der Waals surface area (Å²) in [5.74, 6) is -6.37. The second-order valence-electron chi connectivity index (χ2n) is 16.5. The number of aliphatic carboxylic acids is 1. The molecule has 1 unspecified atom stereocenters. The first-order valence-corrected chi connectivity index (χ1v) is 25.1. The maximum atomic E-state index is 13.7. The van der Waals surface area contributed by atoms with Crippen molar-refractivity contribution in [2.75, 3.05) is 49.9 Å². The summed E-state index contributed by atoms with van der Waals surface area (Å²) < 4.78 is 58.0. The SMILES string of the molecule is CO[C@H]1C[C@@H](O)[C@H](O[C@@H]2O[C@H](CSCCCCS[C@@H]3[C@H](O)[C@@H](NC(C)=O)[C@H]([C@H](O)[C@H](O)CO)O[C@]3(OP(=O)(O)OC[C@H]3O[C@@H](n4ccc(N)nc4=O)[C@H](O)[C@@H]3O)C(=O)O)[C@H](O)[C@H](O)[C@H]2O)[C@@H](CO)O1. The van der Waals surface area contributed by atoms with Crippen LogP contribution in [0.2, 0.25) is 0 Å². The third kappa shape index (κ3) is 13.7. The molecule has 29 nitrogen and oxygen atoms in total. The summed E-state index contributed by atoms with van der Waals surface area (Å²) in [6.07, 6.45) is -26.2. The number of anilines is 1. The number of hydrogen-bond acceptors (Lipinski definition) is 27. The lowest BCUT2D eigenvalue weighted by Gasteiger charge is -2.50. The maximum absolute atomic E-state index is 13.7. The number of nitrogens with zero attached hydrogens (tertiary/aromatic N) is 2. The number of nitrogens with one attached hydrogen (secondary N) is 1. The van der Waals surface area contributed by atoms with Crippen molar-refractivity contribution >= 4 is 49.0 Å². The molecule has 5 heterocycles. The topological polar surface area (TPSA) is 461 Å². The van der Waals surface area contributed by atoms with E-state index in [1.807, 2.05) is 0 Å². The van der Waals surface area contributed by atoms with Crippen LogP contribution in [0.5, 0.6) is 0 Å². The molecular weight excluding hydrogens is 996 g/mol. The fourth-order valence-corrected chi connectivity index (χ4v) is 11.5. The van der Waals surface area contributed by atoms with Crippen LogP contribution in [0.25, 0.3) is 0 Å². The van der Waals surface area contributed by atoms with E-state index in [2.05, 4.69) is 10.3 Å². The lowest BCUT2D eigenvalue weighted by molar-refractivity contribution is -0.338. The highest BCUT2D eigenvalue weighted by Crippen LogP contribution is 2.53. The van der Waals surface area contributed by atoms with Crippen LogP contribution in [0.4, 0.5) is 5.82 Å². The second kappa shape index (κ2) is 25.1. The molecule has 4 saturated heterocycles. The molecule has 1 aromatic rings. The van der Waals surface area contributed by atoms with Gasteiger partial charge in [0.1, 0.15) is 73.0 Å². The van der Waals surface area contributed by atoms with Crippen LogP contribution < -0.4 is 16.7 Å². The fraction of sp³-hybridized carbons (Fsp3) is 0.838. The average Bonchev–Trinajstić information content (AvgIpc) is 3.58. The van der Waals surface area contributed by atoms with E-state index < -0.39 is 167 Å². The number of carbonyl (C=O) groups is 2. The Morgan fingerprint density at radius 2 is 1.67 bits per heavy atom. The Kier molecular flexibility index (Phi) is 21.0. The molecule has 0 radical (unpaired) electrons. The lowest BCUT2D eigenvalue weighted by Crippen LogP contribution is -2.73. The zero-order chi connectivity index (χ0) is 51.1. The van der Waals surface area contributed by atoms with Gasteiger partial charge >= 0.3 is 19.5 Å². The van der Waals surface area contributed by atoms with E-state index in [1.54, 1.807) is 0 Å². The normalized spacial score (nSPS) is 39.1. The number of nitrogens with two attached hydrogens (primary N) is 1. The highest BCUT2D eigenvalue weighted by atomic mass is 32.2. The lowest BCUT2D eigenvalue weighted by atomic mass is 9.88. The molecule has 69 heavy (non-hydrogen) atoms. The third-order valence-corrected chi connectivity index (χ3v) is 15.2. The number of carbonyl (C=O) groups excluding carboxylic acids is 1. The monoisotopic (exact) mass is 1060 g/mol. The number of carboxylic acids is 1. The van der Waals surface area contributed by atoms with Crippen LogP contribution >= 0.6 is 31.3 Å². The van der Waals surface area contributed by atoms with Gasteiger partial charge in [-0.25, -0.2) is 18.7 Å². The van der Waals surface area contributed by atoms with Crippen molar-refractivity contribution in [1.82, 2.24) is 14.9 Å². The first kappa shape index (κ1) is 57.6. The molecule has 4 fully saturated rings. The van der Waals surface area contributed by atoms with Crippen LogP contribution in [0, 0.1) is 0 Å². The van der Waals surface area contributed by atoms with Crippen molar-refractivity contribution in [3.05, 3.63) is 22.7 Å². The van der Waals surface area contributed by atoms with Gasteiger partial charge in [0.2, 0.25) is 5.91 Å². The van der Waals surface area contributed by atoms with Crippen LogP contribution in [-0.2, 0) is 51.6 Å². The highest BCUT2D eigenvalue weighted by Gasteiger charge is 2.65. The summed E-state index contributed by atoms with van der Waals surface area (Å²) in [4.78, 5) is 52.4. The number of phosphoric ester groups is 1. The van der Waals surface area contributed by atoms with Gasteiger partial charge in [0.15, 0.2) is 18.8 Å². The standard InChI is InChI=1S/C37H61N4O25PS2/c1-14(44)39-22-26(50)32(69-8-4-3-7-68-13-19-25(49)27(51)29(53)34(63-19)64-30-15(45)9-21(59-2)61-17(30)11-43)37(35(54)55,65-31(22)23(47)16(46)10-42)66-67(57,58)60-12-18-24(48)28(52)33(62-18)41-6-5-20(38)40-36(41)56/h5-6,15-19,21-34,42-43,45-53H,3-4,7-13H2,1-2H3,(H,39,44)(H,54,55)(H,57,58)(H2,38,40,56)/t15-,16-,17-,18-,19-,21-,22-,23-,24-,25+,26-,27+,28-,29-,30+,31-,32-,33-,34+,37-/m1/s1. The molecule has 0 aromatic carbocycles. The number of nitrogen functional groups attached to an aromatic ring is 1. The predicted molar refractivity (Wildman–Crippen MR) is 231 cm³/mol. The maximum Gasteiger partial charge on any atom is 0.475 e. The summed E-state index contributed by atoms with van der Waals surface area (Å²) in [7, 11) is -4.45. The quantitative estimate of drug-likeness (QED) is 0.0358. The van der Waals surface area contributed by atoms with Gasteiger partial charge in [0, 0.05) is 32.4 Å². The van der Waals surface area contributed by atoms with Crippen molar-refractivity contribution in [2.24, 2.45) is 0 Å². The molecule has 4 aliphatic rings. The largest absolute Gasteiger partial charge is 0.477 e. The van der Waals surface area contributed by atoms with Gasteiger partial charge in [0.05, 0.1) is 49.4 Å². The number of methoxy groups -OCH3 is 1. The zero-order valence-corrected chi connectivity index (χ0v) is 39.5. The van der Waals surface area contributed by atoms with Crippen molar-refractivity contribution in [3.63, 3.8) is 0 Å². The Bertz CT molecular complexity index is 1950. The van der Waals surface area contributed by atoms with Crippen molar-refractivity contribution in [1.29, 1.82) is 0 Å². The minimum atomic E-state index is -5.79. The van der Waals surface area contributed by atoms with Gasteiger partial charge in [-0.05, 0) is 30.4 Å². The molecule has 21 atom stereocenters. The number of aromatic nitrogens is 2. The second-order valence-corrected chi connectivity index (χ2v) is 20.2. The molecule has 1 amide bonds. The Morgan fingerprint density at radius 3 is 2.29 bits per heavy atom. The number of unbranched alkanes of at least 4 members (excludes halogenated alkanes) is 1. The number of aliphatic hydroxyl groups is 11. The Hall–Kier alpha value is -2.25. The minimum absolute atomic E-state index is 0.0230. The van der Waals surface area contributed by atoms with E-state index in [-0.39, 0.29) is 30.2 Å². The van der Waals surface area contributed by atoms with Crippen LogP contribution in [0.1, 0.15) is 32.4 Å². The molecule has 0 spiro atoms. The summed E-state index contributed by atoms with van der Waals surface area (Å²) in [5.41, 5.74) is 4.51. The summed E-state index contributed by atoms with van der Waals surface area (Å²) in [5, 5.41) is 127. The van der Waals surface area contributed by atoms with Crippen LogP contribution in [-0.4, -0.2) is 247 Å². The van der Waals surface area contributed by atoms with Gasteiger partial charge < -0.3 is 106 Å². The smallest absolute Gasteiger partial charge is 0.475 e. The van der Waals surface area contributed by atoms with Crippen molar-refractivity contribution < 1.29 is 118 Å². The number of amides is 1. The van der Waals surface area contributed by atoms with Gasteiger partial charge in [0.25, 0.3) is 5.79 Å². The summed E-state index contributed by atoms with van der Waals surface area (Å²) in [6, 6.07) is -0.565. The average molecular weight is 1060 g/mol. The number of phosphoric acid groups is 1. The molecule has 1 aromatic heterocycles. The van der Waals surface area contributed by atoms with Crippen molar-refractivity contribution in [3.8, 4) is 0 Å².